The molecule has 7 heteroatoms. The summed E-state index contributed by atoms with van der Waals surface area (Å²) in [6.45, 7) is 0. The number of benzene rings is 1. The Hall–Kier alpha value is -1.86. The number of hydrogen-bond acceptors (Lipinski definition) is 4. The topological polar surface area (TPSA) is 81.0 Å². The van der Waals surface area contributed by atoms with Gasteiger partial charge in [-0.1, -0.05) is 6.07 Å². The maximum atomic E-state index is 11.2. The lowest BCUT2D eigenvalue weighted by atomic mass is 9.79. The van der Waals surface area contributed by atoms with Crippen LogP contribution in [0.2, 0.25) is 0 Å². The number of aromatic nitrogens is 2. The number of nitrogens with zero attached hydrogens (tertiary/aromatic N) is 1. The summed E-state index contributed by atoms with van der Waals surface area (Å²) in [5, 5.41) is 0. The van der Waals surface area contributed by atoms with Crippen LogP contribution in [0.5, 0.6) is 0 Å². The van der Waals surface area contributed by atoms with Gasteiger partial charge < -0.3 is 15.5 Å². The van der Waals surface area contributed by atoms with Gasteiger partial charge in [-0.3, -0.25) is 0 Å². The van der Waals surface area contributed by atoms with Crippen molar-refractivity contribution in [3.05, 3.63) is 39.9 Å². The van der Waals surface area contributed by atoms with Crippen molar-refractivity contribution >= 4 is 44.4 Å². The maximum Gasteiger partial charge on any atom is 0.405 e. The van der Waals surface area contributed by atoms with Crippen molar-refractivity contribution in [1.29, 1.82) is 0 Å². The number of aromatic amines is 1. The number of nitrogens with two attached hydrogens (primary N) is 1. The molecule has 0 bridgehead atoms. The molecule has 0 aliphatic heterocycles. The van der Waals surface area contributed by atoms with E-state index in [0.717, 1.165) is 39.6 Å². The number of imidazole rings is 1. The third kappa shape index (κ3) is 2.53. The molecule has 4 rings (SSSR count). The summed E-state index contributed by atoms with van der Waals surface area (Å²) >= 11 is 5.17. The minimum absolute atomic E-state index is 0.682. The average Bonchev–Trinajstić information content (AvgIpc) is 3.07. The molecule has 3 aromatic rings. The summed E-state index contributed by atoms with van der Waals surface area (Å²) in [5.41, 5.74) is 7.45. The molecule has 1 aliphatic carbocycles. The van der Waals surface area contributed by atoms with Gasteiger partial charge in [0.25, 0.3) is 0 Å². The number of rotatable bonds is 3. The molecular weight excluding hydrogens is 378 g/mol. The summed E-state index contributed by atoms with van der Waals surface area (Å²) in [6, 6.07) is 10.2. The SMILES string of the molecule is NC(=O)OC1(c2nc3ccc(-c4ccc(Br)s4)cc3[nH]2)CCC1. The maximum absolute atomic E-state index is 11.2. The number of nitrogens with one attached hydrogen (secondary N) is 1. The number of carbonyl (C=O) groups is 1. The minimum atomic E-state index is -0.755. The molecule has 0 saturated heterocycles. The zero-order chi connectivity index (χ0) is 16.0. The number of H-pyrrole nitrogens is 1. The van der Waals surface area contributed by atoms with Crippen molar-refractivity contribution in [3.8, 4) is 10.4 Å². The first-order valence-electron chi connectivity index (χ1n) is 7.30. The normalized spacial score (nSPS) is 16.2. The molecule has 2 heterocycles. The molecule has 3 N–H and O–H groups in total. The lowest BCUT2D eigenvalue weighted by Gasteiger charge is -2.38. The Morgan fingerprint density at radius 3 is 2.78 bits per heavy atom. The van der Waals surface area contributed by atoms with Crippen LogP contribution in [0.1, 0.15) is 25.1 Å². The predicted octanol–water partition coefficient (Wildman–Crippen LogP) is 4.53. The number of amides is 1. The van der Waals surface area contributed by atoms with Crippen molar-refractivity contribution in [2.45, 2.75) is 24.9 Å². The quantitative estimate of drug-likeness (QED) is 0.687. The highest BCUT2D eigenvalue weighted by Gasteiger charge is 2.45. The highest BCUT2D eigenvalue weighted by Crippen LogP contribution is 2.44. The largest absolute Gasteiger partial charge is 0.435 e. The van der Waals surface area contributed by atoms with Crippen LogP contribution in [-0.2, 0) is 10.3 Å². The van der Waals surface area contributed by atoms with Crippen molar-refractivity contribution in [3.63, 3.8) is 0 Å². The Bertz CT molecular complexity index is 898. The molecule has 0 spiro atoms. The molecule has 0 unspecified atom stereocenters. The van der Waals surface area contributed by atoms with Crippen molar-refractivity contribution in [2.75, 3.05) is 0 Å². The van der Waals surface area contributed by atoms with Crippen LogP contribution in [-0.4, -0.2) is 16.1 Å². The Morgan fingerprint density at radius 1 is 1.35 bits per heavy atom. The van der Waals surface area contributed by atoms with Gasteiger partial charge in [0.05, 0.1) is 14.8 Å². The van der Waals surface area contributed by atoms with Gasteiger partial charge in [0.15, 0.2) is 11.4 Å². The zero-order valence-corrected chi connectivity index (χ0v) is 14.5. The van der Waals surface area contributed by atoms with Crippen LogP contribution < -0.4 is 5.73 Å². The molecule has 1 fully saturated rings. The van der Waals surface area contributed by atoms with Gasteiger partial charge in [0.2, 0.25) is 0 Å². The van der Waals surface area contributed by atoms with Crippen molar-refractivity contribution in [2.24, 2.45) is 5.73 Å². The smallest absolute Gasteiger partial charge is 0.405 e. The molecule has 0 radical (unpaired) electrons. The van der Waals surface area contributed by atoms with E-state index in [-0.39, 0.29) is 0 Å². The first-order chi connectivity index (χ1) is 11.1. The summed E-state index contributed by atoms with van der Waals surface area (Å²) in [6.07, 6.45) is 1.74. The van der Waals surface area contributed by atoms with Gasteiger partial charge in [-0.15, -0.1) is 11.3 Å². The van der Waals surface area contributed by atoms with Crippen molar-refractivity contribution in [1.82, 2.24) is 9.97 Å². The van der Waals surface area contributed by atoms with E-state index >= 15 is 0 Å². The van der Waals surface area contributed by atoms with Crippen LogP contribution in [0.25, 0.3) is 21.5 Å². The number of ether oxygens (including phenoxy) is 1. The fraction of sp³-hybridized carbons (Fsp3) is 0.250. The highest BCUT2D eigenvalue weighted by molar-refractivity contribution is 9.11. The number of primary amides is 1. The van der Waals surface area contributed by atoms with E-state index in [0.29, 0.717) is 5.82 Å². The second-order valence-electron chi connectivity index (χ2n) is 5.69. The lowest BCUT2D eigenvalue weighted by Crippen LogP contribution is -2.41. The third-order valence-corrected chi connectivity index (χ3v) is 5.90. The predicted molar refractivity (Wildman–Crippen MR) is 93.3 cm³/mol. The second kappa shape index (κ2) is 5.35. The van der Waals surface area contributed by atoms with Gasteiger partial charge in [0.1, 0.15) is 0 Å². The van der Waals surface area contributed by atoms with Crippen LogP contribution in [0, 0.1) is 0 Å². The first kappa shape index (κ1) is 14.7. The molecule has 1 saturated carbocycles. The zero-order valence-electron chi connectivity index (χ0n) is 12.1. The lowest BCUT2D eigenvalue weighted by molar-refractivity contribution is -0.0550. The van der Waals surface area contributed by atoms with Crippen molar-refractivity contribution < 1.29 is 9.53 Å². The Labute approximate surface area is 145 Å². The molecular formula is C16H14BrN3O2S. The molecule has 1 amide bonds. The van der Waals surface area contributed by atoms with Gasteiger partial charge in [-0.2, -0.15) is 0 Å². The fourth-order valence-corrected chi connectivity index (χ4v) is 4.31. The van der Waals surface area contributed by atoms with E-state index in [1.807, 2.05) is 18.2 Å². The minimum Gasteiger partial charge on any atom is -0.435 e. The standard InChI is InChI=1S/C16H14BrN3O2S/c17-13-5-4-12(23-13)9-2-3-10-11(8-9)20-14(19-10)16(6-1-7-16)22-15(18)21/h2-5,8H,1,6-7H2,(H2,18,21)(H,19,20). The van der Waals surface area contributed by atoms with E-state index in [1.54, 1.807) is 11.3 Å². The molecule has 1 aromatic carbocycles. The van der Waals surface area contributed by atoms with Gasteiger partial charge >= 0.3 is 6.09 Å². The Kier molecular flexibility index (Phi) is 3.42. The first-order valence-corrected chi connectivity index (χ1v) is 8.91. The van der Waals surface area contributed by atoms with E-state index in [9.17, 15) is 4.79 Å². The van der Waals surface area contributed by atoms with Gasteiger partial charge in [-0.05, 0) is 65.0 Å². The van der Waals surface area contributed by atoms with E-state index in [2.05, 4.69) is 38.0 Å². The summed E-state index contributed by atoms with van der Waals surface area (Å²) in [5.74, 6) is 0.682. The van der Waals surface area contributed by atoms with E-state index in [1.165, 1.54) is 4.88 Å². The molecule has 2 aromatic heterocycles. The number of halogens is 1. The number of carbonyl (C=O) groups excluding carboxylic acids is 1. The highest BCUT2D eigenvalue weighted by atomic mass is 79.9. The number of hydrogen-bond donors (Lipinski definition) is 2. The van der Waals surface area contributed by atoms with Crippen LogP contribution in [0.15, 0.2) is 34.1 Å². The van der Waals surface area contributed by atoms with Gasteiger partial charge in [0, 0.05) is 4.88 Å². The van der Waals surface area contributed by atoms with E-state index in [4.69, 9.17) is 10.5 Å². The Balaban J connectivity index is 1.75. The van der Waals surface area contributed by atoms with Crippen LogP contribution in [0.4, 0.5) is 4.79 Å². The third-order valence-electron chi connectivity index (χ3n) is 4.23. The summed E-state index contributed by atoms with van der Waals surface area (Å²) < 4.78 is 6.45. The van der Waals surface area contributed by atoms with E-state index < -0.39 is 11.7 Å². The fourth-order valence-electron chi connectivity index (χ4n) is 2.93. The number of fused-ring (bicyclic) bond motifs is 1. The van der Waals surface area contributed by atoms with Crippen LogP contribution >= 0.6 is 27.3 Å². The summed E-state index contributed by atoms with van der Waals surface area (Å²) in [4.78, 5) is 20.3. The molecule has 118 valence electrons. The average molecular weight is 392 g/mol. The Morgan fingerprint density at radius 2 is 2.17 bits per heavy atom. The second-order valence-corrected chi connectivity index (χ2v) is 8.15. The molecule has 0 atom stereocenters. The monoisotopic (exact) mass is 391 g/mol. The number of thiophene rings is 1. The molecule has 5 nitrogen and oxygen atoms in total. The van der Waals surface area contributed by atoms with Gasteiger partial charge in [-0.25, -0.2) is 9.78 Å². The van der Waals surface area contributed by atoms with Crippen LogP contribution in [0.3, 0.4) is 0 Å². The molecule has 1 aliphatic rings. The summed E-state index contributed by atoms with van der Waals surface area (Å²) in [7, 11) is 0. The molecule has 23 heavy (non-hydrogen) atoms.